The van der Waals surface area contributed by atoms with Crippen LogP contribution in [-0.2, 0) is 63.7 Å². The van der Waals surface area contributed by atoms with E-state index in [1.165, 1.54) is 108 Å². The Morgan fingerprint density at radius 2 is 0.636 bits per heavy atom. The molecule has 0 saturated heterocycles. The summed E-state index contributed by atoms with van der Waals surface area (Å²) >= 11 is 0. The van der Waals surface area contributed by atoms with Crippen molar-refractivity contribution in [2.75, 3.05) is 52.7 Å². The minimum Gasteiger partial charge on any atom is -0.465 e. The van der Waals surface area contributed by atoms with Crippen LogP contribution in [0, 0.1) is 59.2 Å². The van der Waals surface area contributed by atoms with Crippen molar-refractivity contribution in [3.05, 3.63) is 35.9 Å². The Morgan fingerprint density at radius 3 is 0.920 bits per heavy atom. The van der Waals surface area contributed by atoms with Gasteiger partial charge in [0.15, 0.2) is 0 Å². The molecule has 0 aliphatic heterocycles. The maximum Gasteiger partial charge on any atom is 0.308 e. The average molecular weight is 1230 g/mol. The van der Waals surface area contributed by atoms with E-state index in [2.05, 4.69) is 56.9 Å². The molecular weight excluding hydrogens is 1110 g/mol. The molecule has 0 amide bonds. The van der Waals surface area contributed by atoms with Crippen LogP contribution in [0.15, 0.2) is 30.3 Å². The summed E-state index contributed by atoms with van der Waals surface area (Å²) in [7, 11) is 0. The van der Waals surface area contributed by atoms with Crippen LogP contribution in [0.2, 0.25) is 0 Å². The van der Waals surface area contributed by atoms with Gasteiger partial charge in [-0.1, -0.05) is 174 Å². The Labute approximate surface area is 534 Å². The SMILES string of the molecule is CCCCCC1CCC(C(=O)OCC(COC(=O)CCCCCN(CCCCCC(=O)OCC(COC(=O)C2CCC(CCCCC)CC2)COC(=O)C2CCC(CCCCC)CC2)Cc2ccccc2)COC(=O)C2CCC(CCCCC)CC2)CC1. The first-order valence-electron chi connectivity index (χ1n) is 36.7. The van der Waals surface area contributed by atoms with Gasteiger partial charge in [-0.3, -0.25) is 33.7 Å². The van der Waals surface area contributed by atoms with Gasteiger partial charge in [0.05, 0.1) is 35.5 Å². The minimum absolute atomic E-state index is 0.0329. The van der Waals surface area contributed by atoms with Crippen molar-refractivity contribution in [1.82, 2.24) is 4.90 Å². The lowest BCUT2D eigenvalue weighted by Crippen LogP contribution is -2.31. The van der Waals surface area contributed by atoms with Crippen LogP contribution >= 0.6 is 0 Å². The van der Waals surface area contributed by atoms with E-state index in [1.54, 1.807) is 0 Å². The lowest BCUT2D eigenvalue weighted by atomic mass is 9.80. The number of hydrogen-bond acceptors (Lipinski definition) is 13. The molecule has 0 heterocycles. The Kier molecular flexibility index (Phi) is 39.2. The molecule has 0 unspecified atom stereocenters. The van der Waals surface area contributed by atoms with Gasteiger partial charge in [-0.15, -0.1) is 0 Å². The fourth-order valence-electron chi connectivity index (χ4n) is 14.3. The van der Waals surface area contributed by atoms with Crippen LogP contribution in [0.1, 0.15) is 290 Å². The third-order valence-electron chi connectivity index (χ3n) is 20.3. The smallest absolute Gasteiger partial charge is 0.308 e. The number of nitrogens with zero attached hydrogens (tertiary/aromatic N) is 1. The van der Waals surface area contributed by atoms with E-state index in [9.17, 15) is 28.8 Å². The van der Waals surface area contributed by atoms with Gasteiger partial charge in [0.25, 0.3) is 0 Å². The molecule has 0 spiro atoms. The Balaban J connectivity index is 1.02. The van der Waals surface area contributed by atoms with Crippen LogP contribution in [0.5, 0.6) is 0 Å². The van der Waals surface area contributed by atoms with Gasteiger partial charge in [0, 0.05) is 19.4 Å². The number of hydrogen-bond donors (Lipinski definition) is 0. The summed E-state index contributed by atoms with van der Waals surface area (Å²) in [6.45, 7) is 11.7. The molecule has 502 valence electrons. The predicted octanol–water partition coefficient (Wildman–Crippen LogP) is 17.6. The molecule has 13 nitrogen and oxygen atoms in total. The number of benzene rings is 1. The molecule has 4 aliphatic carbocycles. The maximum atomic E-state index is 13.3. The summed E-state index contributed by atoms with van der Waals surface area (Å²) in [5.74, 6) is 0.111. The second-order valence-electron chi connectivity index (χ2n) is 27.9. The lowest BCUT2D eigenvalue weighted by molar-refractivity contribution is -0.161. The fraction of sp³-hybridized carbons (Fsp3) is 0.840. The largest absolute Gasteiger partial charge is 0.465 e. The zero-order chi connectivity index (χ0) is 62.8. The lowest BCUT2D eigenvalue weighted by Gasteiger charge is -2.28. The van der Waals surface area contributed by atoms with E-state index < -0.39 is 11.8 Å². The molecule has 0 radical (unpaired) electrons. The maximum absolute atomic E-state index is 13.3. The summed E-state index contributed by atoms with van der Waals surface area (Å²) in [5.41, 5.74) is 1.23. The minimum atomic E-state index is -0.429. The van der Waals surface area contributed by atoms with Gasteiger partial charge in [0.1, 0.15) is 39.6 Å². The zero-order valence-electron chi connectivity index (χ0n) is 56.2. The molecule has 5 rings (SSSR count). The van der Waals surface area contributed by atoms with Gasteiger partial charge >= 0.3 is 35.8 Å². The van der Waals surface area contributed by atoms with Crippen LogP contribution < -0.4 is 0 Å². The predicted molar refractivity (Wildman–Crippen MR) is 350 cm³/mol. The molecule has 0 atom stereocenters. The number of esters is 6. The fourth-order valence-corrected chi connectivity index (χ4v) is 14.3. The van der Waals surface area contributed by atoms with Crippen LogP contribution in [0.25, 0.3) is 0 Å². The second-order valence-corrected chi connectivity index (χ2v) is 27.9. The van der Waals surface area contributed by atoms with Crippen LogP contribution in [0.4, 0.5) is 0 Å². The van der Waals surface area contributed by atoms with E-state index in [0.29, 0.717) is 36.5 Å². The zero-order valence-corrected chi connectivity index (χ0v) is 56.2. The standard InChI is InChI=1S/C75H125NO12/c1-5-9-16-26-59-34-42-66(43-35-59)72(79)85-55-64(56-86-73(80)67-44-36-60(37-45-67)27-17-10-6-2)53-83-70(77)32-22-14-24-50-76(52-63-30-20-13-21-31-63)51-25-15-23-33-71(78)84-54-65(57-87-74(81)68-46-38-61(39-47-68)28-18-11-7-3)58-88-75(82)69-48-40-62(41-49-69)29-19-12-8-4/h13,20-21,30-31,59-62,64-69H,5-12,14-19,22-29,32-58H2,1-4H3. The summed E-state index contributed by atoms with van der Waals surface area (Å²) in [6.07, 6.45) is 40.6. The average Bonchev–Trinajstić information content (AvgIpc) is 3.61. The molecular formula is C75H125NO12. The van der Waals surface area contributed by atoms with Gasteiger partial charge in [0.2, 0.25) is 0 Å². The van der Waals surface area contributed by atoms with Crippen molar-refractivity contribution in [3.8, 4) is 0 Å². The van der Waals surface area contributed by atoms with Crippen LogP contribution in [-0.4, -0.2) is 93.4 Å². The van der Waals surface area contributed by atoms with Gasteiger partial charge in [-0.2, -0.15) is 0 Å². The number of unbranched alkanes of at least 4 members (excludes halogenated alkanes) is 12. The summed E-state index contributed by atoms with van der Waals surface area (Å²) in [6, 6.07) is 10.4. The third-order valence-corrected chi connectivity index (χ3v) is 20.3. The quantitative estimate of drug-likeness (QED) is 0.0345. The summed E-state index contributed by atoms with van der Waals surface area (Å²) < 4.78 is 35.2. The second kappa shape index (κ2) is 46.1. The van der Waals surface area contributed by atoms with E-state index >= 15 is 0 Å². The molecule has 4 saturated carbocycles. The van der Waals surface area contributed by atoms with Crippen molar-refractivity contribution in [2.24, 2.45) is 59.2 Å². The van der Waals surface area contributed by atoms with E-state index in [4.69, 9.17) is 28.4 Å². The molecule has 0 aromatic heterocycles. The van der Waals surface area contributed by atoms with E-state index in [-0.39, 0.29) is 112 Å². The molecule has 1 aromatic rings. The first-order chi connectivity index (χ1) is 43.0. The molecule has 0 N–H and O–H groups in total. The Morgan fingerprint density at radius 1 is 0.352 bits per heavy atom. The van der Waals surface area contributed by atoms with Crippen molar-refractivity contribution in [2.45, 2.75) is 291 Å². The topological polar surface area (TPSA) is 161 Å². The number of rotatable bonds is 46. The first kappa shape index (κ1) is 74.7. The third kappa shape index (κ3) is 31.8. The molecule has 4 fully saturated rings. The number of carbonyl (C=O) groups is 6. The monoisotopic (exact) mass is 1230 g/mol. The van der Waals surface area contributed by atoms with Crippen LogP contribution in [0.3, 0.4) is 0 Å². The van der Waals surface area contributed by atoms with Gasteiger partial charge in [-0.05, 0) is 171 Å². The number of carbonyl (C=O) groups excluding carboxylic acids is 6. The Bertz CT molecular complexity index is 1800. The number of ether oxygens (including phenoxy) is 6. The van der Waals surface area contributed by atoms with Crippen molar-refractivity contribution in [3.63, 3.8) is 0 Å². The van der Waals surface area contributed by atoms with E-state index in [0.717, 1.165) is 148 Å². The highest BCUT2D eigenvalue weighted by Gasteiger charge is 2.33. The Hall–Kier alpha value is -4.00. The van der Waals surface area contributed by atoms with E-state index in [1.807, 2.05) is 6.07 Å². The molecule has 13 heteroatoms. The van der Waals surface area contributed by atoms with Crippen molar-refractivity contribution < 1.29 is 57.2 Å². The van der Waals surface area contributed by atoms with Gasteiger partial charge < -0.3 is 28.4 Å². The van der Waals surface area contributed by atoms with Crippen molar-refractivity contribution >= 4 is 35.8 Å². The highest BCUT2D eigenvalue weighted by Crippen LogP contribution is 2.37. The molecule has 4 aliphatic rings. The molecule has 0 bridgehead atoms. The van der Waals surface area contributed by atoms with Crippen molar-refractivity contribution in [1.29, 1.82) is 0 Å². The summed E-state index contributed by atoms with van der Waals surface area (Å²) in [5, 5.41) is 0. The molecule has 1 aromatic carbocycles. The highest BCUT2D eigenvalue weighted by atomic mass is 16.6. The summed E-state index contributed by atoms with van der Waals surface area (Å²) in [4.78, 5) is 82.2. The molecule has 88 heavy (non-hydrogen) atoms. The first-order valence-corrected chi connectivity index (χ1v) is 36.7. The highest BCUT2D eigenvalue weighted by molar-refractivity contribution is 5.74. The normalized spacial score (nSPS) is 22.9. The van der Waals surface area contributed by atoms with Gasteiger partial charge in [-0.25, -0.2) is 0 Å².